The zero-order chi connectivity index (χ0) is 14.3. The van der Waals surface area contributed by atoms with Gasteiger partial charge in [0.05, 0.1) is 12.2 Å². The first-order chi connectivity index (χ1) is 9.54. The van der Waals surface area contributed by atoms with Crippen molar-refractivity contribution in [2.24, 2.45) is 17.8 Å². The standard InChI is InChI=1S/C16H25NO3/c1-10-8-17(9-11(2)20-10)16(19)14-6-12-4-3-5-13(7-14)15(12)18/h10-14H,3-9H2,1-2H3/t10-,11-,12-,13+,14?/m0/s1. The lowest BCUT2D eigenvalue weighted by Crippen LogP contribution is -2.52. The molecular formula is C16H25NO3. The molecule has 2 saturated carbocycles. The van der Waals surface area contributed by atoms with Gasteiger partial charge >= 0.3 is 0 Å². The van der Waals surface area contributed by atoms with Crippen LogP contribution in [0.2, 0.25) is 0 Å². The Bertz CT molecular complexity index is 383. The van der Waals surface area contributed by atoms with Crippen LogP contribution in [0.25, 0.3) is 0 Å². The molecule has 4 nitrogen and oxygen atoms in total. The maximum Gasteiger partial charge on any atom is 0.225 e. The smallest absolute Gasteiger partial charge is 0.225 e. The summed E-state index contributed by atoms with van der Waals surface area (Å²) in [5, 5.41) is 0. The molecule has 112 valence electrons. The van der Waals surface area contributed by atoms with Gasteiger partial charge in [0.25, 0.3) is 0 Å². The van der Waals surface area contributed by atoms with Crippen molar-refractivity contribution in [3.05, 3.63) is 0 Å². The number of Topliss-reactive ketones (excluding diaryl/α,β-unsaturated/α-hetero) is 1. The summed E-state index contributed by atoms with van der Waals surface area (Å²) in [6.07, 6.45) is 4.96. The SMILES string of the molecule is C[C@H]1CN(C(=O)C2C[C@H]3CCC[C@@H](C2)C3=O)C[C@H](C)O1. The molecular weight excluding hydrogens is 254 g/mol. The number of ether oxygens (including phenoxy) is 1. The number of ketones is 1. The summed E-state index contributed by atoms with van der Waals surface area (Å²) in [4.78, 5) is 26.8. The lowest BCUT2D eigenvalue weighted by atomic mass is 9.67. The van der Waals surface area contributed by atoms with Gasteiger partial charge in [-0.05, 0) is 39.5 Å². The Morgan fingerprint density at radius 1 is 1.10 bits per heavy atom. The van der Waals surface area contributed by atoms with Crippen LogP contribution in [0.4, 0.5) is 0 Å². The molecule has 2 bridgehead atoms. The van der Waals surface area contributed by atoms with Crippen molar-refractivity contribution in [2.45, 2.75) is 58.2 Å². The fourth-order valence-electron chi connectivity index (χ4n) is 4.30. The molecule has 20 heavy (non-hydrogen) atoms. The van der Waals surface area contributed by atoms with E-state index < -0.39 is 0 Å². The van der Waals surface area contributed by atoms with Crippen molar-refractivity contribution in [3.63, 3.8) is 0 Å². The van der Waals surface area contributed by atoms with Gasteiger partial charge in [0.15, 0.2) is 0 Å². The molecule has 1 heterocycles. The van der Waals surface area contributed by atoms with E-state index in [2.05, 4.69) is 0 Å². The predicted octanol–water partition coefficient (Wildman–Crippen LogP) is 2.02. The van der Waals surface area contributed by atoms with Gasteiger partial charge in [-0.15, -0.1) is 0 Å². The zero-order valence-corrected chi connectivity index (χ0v) is 12.5. The normalized spacial score (nSPS) is 41.6. The van der Waals surface area contributed by atoms with E-state index in [0.29, 0.717) is 18.9 Å². The van der Waals surface area contributed by atoms with E-state index in [0.717, 1.165) is 32.1 Å². The lowest BCUT2D eigenvalue weighted by Gasteiger charge is -2.41. The summed E-state index contributed by atoms with van der Waals surface area (Å²) in [6.45, 7) is 5.44. The number of hydrogen-bond acceptors (Lipinski definition) is 3. The molecule has 1 amide bonds. The minimum Gasteiger partial charge on any atom is -0.372 e. The number of morpholine rings is 1. The van der Waals surface area contributed by atoms with Gasteiger partial charge in [-0.1, -0.05) is 6.42 Å². The molecule has 1 saturated heterocycles. The second-order valence-electron chi connectivity index (χ2n) is 6.90. The number of nitrogens with zero attached hydrogens (tertiary/aromatic N) is 1. The number of hydrogen-bond donors (Lipinski definition) is 0. The number of fused-ring (bicyclic) bond motifs is 2. The second kappa shape index (κ2) is 5.47. The Morgan fingerprint density at radius 3 is 2.20 bits per heavy atom. The summed E-state index contributed by atoms with van der Waals surface area (Å²) < 4.78 is 5.70. The largest absolute Gasteiger partial charge is 0.372 e. The average Bonchev–Trinajstić information content (AvgIpc) is 2.36. The quantitative estimate of drug-likeness (QED) is 0.737. The average molecular weight is 279 g/mol. The maximum absolute atomic E-state index is 12.7. The van der Waals surface area contributed by atoms with Crippen molar-refractivity contribution in [2.75, 3.05) is 13.1 Å². The van der Waals surface area contributed by atoms with Gasteiger partial charge in [0, 0.05) is 30.8 Å². The van der Waals surface area contributed by atoms with E-state index in [1.807, 2.05) is 18.7 Å². The summed E-state index contributed by atoms with van der Waals surface area (Å²) >= 11 is 0. The van der Waals surface area contributed by atoms with E-state index in [-0.39, 0.29) is 35.9 Å². The van der Waals surface area contributed by atoms with E-state index >= 15 is 0 Å². The van der Waals surface area contributed by atoms with Crippen molar-refractivity contribution >= 4 is 11.7 Å². The predicted molar refractivity (Wildman–Crippen MR) is 75.2 cm³/mol. The van der Waals surface area contributed by atoms with Crippen LogP contribution >= 0.6 is 0 Å². The van der Waals surface area contributed by atoms with Crippen LogP contribution in [0.3, 0.4) is 0 Å². The summed E-state index contributed by atoms with van der Waals surface area (Å²) in [5.74, 6) is 1.08. The number of rotatable bonds is 1. The third-order valence-corrected chi connectivity index (χ3v) is 5.13. The van der Waals surface area contributed by atoms with Gasteiger partial charge in [-0.25, -0.2) is 0 Å². The third-order valence-electron chi connectivity index (χ3n) is 5.13. The minimum atomic E-state index is 0.0699. The number of carbonyl (C=O) groups is 2. The van der Waals surface area contributed by atoms with Crippen LogP contribution in [0.15, 0.2) is 0 Å². The Balaban J connectivity index is 1.67. The van der Waals surface area contributed by atoms with Crippen molar-refractivity contribution < 1.29 is 14.3 Å². The molecule has 0 aromatic rings. The fourth-order valence-corrected chi connectivity index (χ4v) is 4.30. The van der Waals surface area contributed by atoms with Crippen LogP contribution in [-0.2, 0) is 14.3 Å². The van der Waals surface area contributed by atoms with E-state index in [4.69, 9.17) is 4.74 Å². The van der Waals surface area contributed by atoms with Crippen LogP contribution in [0.1, 0.15) is 46.0 Å². The molecule has 1 unspecified atom stereocenters. The maximum atomic E-state index is 12.7. The van der Waals surface area contributed by atoms with Crippen molar-refractivity contribution in [1.82, 2.24) is 4.90 Å². The van der Waals surface area contributed by atoms with E-state index in [1.54, 1.807) is 0 Å². The monoisotopic (exact) mass is 279 g/mol. The van der Waals surface area contributed by atoms with Gasteiger partial charge in [-0.2, -0.15) is 0 Å². The molecule has 0 aromatic carbocycles. The molecule has 3 aliphatic rings. The Kier molecular flexibility index (Phi) is 3.85. The second-order valence-corrected chi connectivity index (χ2v) is 6.90. The summed E-state index contributed by atoms with van der Waals surface area (Å²) in [6, 6.07) is 0. The summed E-state index contributed by atoms with van der Waals surface area (Å²) in [5.41, 5.74) is 0. The molecule has 1 aliphatic heterocycles. The molecule has 0 spiro atoms. The molecule has 0 radical (unpaired) electrons. The molecule has 5 atom stereocenters. The van der Waals surface area contributed by atoms with Gasteiger partial charge < -0.3 is 9.64 Å². The van der Waals surface area contributed by atoms with Crippen molar-refractivity contribution in [1.29, 1.82) is 0 Å². The van der Waals surface area contributed by atoms with Crippen LogP contribution in [0, 0.1) is 17.8 Å². The van der Waals surface area contributed by atoms with Crippen LogP contribution < -0.4 is 0 Å². The topological polar surface area (TPSA) is 46.6 Å². The van der Waals surface area contributed by atoms with Crippen LogP contribution in [0.5, 0.6) is 0 Å². The number of carbonyl (C=O) groups excluding carboxylic acids is 2. The molecule has 0 aromatic heterocycles. The molecule has 3 fully saturated rings. The highest BCUT2D eigenvalue weighted by atomic mass is 16.5. The first kappa shape index (κ1) is 14.1. The Hall–Kier alpha value is -0.900. The first-order valence-corrected chi connectivity index (χ1v) is 8.02. The Morgan fingerprint density at radius 2 is 1.65 bits per heavy atom. The molecule has 3 rings (SSSR count). The van der Waals surface area contributed by atoms with Gasteiger partial charge in [-0.3, -0.25) is 9.59 Å². The highest BCUT2D eigenvalue weighted by Gasteiger charge is 2.43. The molecule has 0 N–H and O–H groups in total. The minimum absolute atomic E-state index is 0.0699. The number of amides is 1. The highest BCUT2D eigenvalue weighted by Crippen LogP contribution is 2.40. The summed E-state index contributed by atoms with van der Waals surface area (Å²) in [7, 11) is 0. The Labute approximate surface area is 120 Å². The fraction of sp³-hybridized carbons (Fsp3) is 0.875. The van der Waals surface area contributed by atoms with Gasteiger partial charge in [0.1, 0.15) is 5.78 Å². The van der Waals surface area contributed by atoms with Crippen molar-refractivity contribution in [3.8, 4) is 0 Å². The first-order valence-electron chi connectivity index (χ1n) is 8.02. The van der Waals surface area contributed by atoms with Gasteiger partial charge in [0.2, 0.25) is 5.91 Å². The highest BCUT2D eigenvalue weighted by molar-refractivity contribution is 5.88. The molecule has 4 heteroatoms. The van der Waals surface area contributed by atoms with E-state index in [1.165, 1.54) is 0 Å². The van der Waals surface area contributed by atoms with Crippen LogP contribution in [-0.4, -0.2) is 41.9 Å². The lowest BCUT2D eigenvalue weighted by molar-refractivity contribution is -0.152. The zero-order valence-electron chi connectivity index (χ0n) is 12.5. The molecule has 2 aliphatic carbocycles. The van der Waals surface area contributed by atoms with E-state index in [9.17, 15) is 9.59 Å². The third kappa shape index (κ3) is 2.62.